The van der Waals surface area contributed by atoms with Crippen LogP contribution in [0.2, 0.25) is 0 Å². The Balaban J connectivity index is 0.00000120. The highest BCUT2D eigenvalue weighted by molar-refractivity contribution is 5.85. The molecule has 18 heavy (non-hydrogen) atoms. The largest absolute Gasteiger partial charge is 0.339 e. The van der Waals surface area contributed by atoms with Crippen molar-refractivity contribution in [2.45, 2.75) is 18.8 Å². The number of pyridine rings is 1. The number of aromatic nitrogens is 3. The van der Waals surface area contributed by atoms with E-state index in [4.69, 9.17) is 4.52 Å². The molecule has 1 aliphatic heterocycles. The molecule has 3 heterocycles. The van der Waals surface area contributed by atoms with Crippen LogP contribution in [0.5, 0.6) is 0 Å². The molecule has 0 saturated carbocycles. The molecule has 96 valence electrons. The number of halogens is 1. The Hall–Kier alpha value is -1.46. The van der Waals surface area contributed by atoms with Gasteiger partial charge in [0.1, 0.15) is 0 Å². The van der Waals surface area contributed by atoms with Crippen molar-refractivity contribution in [2.24, 2.45) is 0 Å². The molecule has 1 saturated heterocycles. The Morgan fingerprint density at radius 2 is 1.89 bits per heavy atom. The van der Waals surface area contributed by atoms with Gasteiger partial charge in [-0.15, -0.1) is 12.4 Å². The van der Waals surface area contributed by atoms with Gasteiger partial charge in [0.25, 0.3) is 0 Å². The minimum Gasteiger partial charge on any atom is -0.339 e. The molecule has 0 aliphatic carbocycles. The molecule has 0 bridgehead atoms. The first-order valence-corrected chi connectivity index (χ1v) is 5.88. The van der Waals surface area contributed by atoms with Crippen LogP contribution in [-0.2, 0) is 0 Å². The molecule has 6 heteroatoms. The lowest BCUT2D eigenvalue weighted by molar-refractivity contribution is 0.320. The van der Waals surface area contributed by atoms with Gasteiger partial charge in [0, 0.05) is 23.9 Å². The van der Waals surface area contributed by atoms with Crippen molar-refractivity contribution in [3.8, 4) is 11.4 Å². The number of rotatable bonds is 2. The van der Waals surface area contributed by atoms with Gasteiger partial charge in [-0.25, -0.2) is 0 Å². The van der Waals surface area contributed by atoms with E-state index in [9.17, 15) is 0 Å². The summed E-state index contributed by atoms with van der Waals surface area (Å²) in [6.45, 7) is 2.05. The summed E-state index contributed by atoms with van der Waals surface area (Å²) in [5.74, 6) is 1.82. The lowest BCUT2D eigenvalue weighted by atomic mass is 9.98. The number of nitrogens with zero attached hydrogens (tertiary/aromatic N) is 3. The first kappa shape index (κ1) is 13.0. The summed E-state index contributed by atoms with van der Waals surface area (Å²) in [4.78, 5) is 8.44. The standard InChI is InChI=1S/C12H14N4O.ClH/c1-5-13-6-2-9(1)11-15-12(17-16-11)10-3-7-14-8-4-10;/h1-2,5-6,10,14H,3-4,7-8H2;1H. The highest BCUT2D eigenvalue weighted by Crippen LogP contribution is 2.25. The van der Waals surface area contributed by atoms with E-state index in [1.807, 2.05) is 12.1 Å². The summed E-state index contributed by atoms with van der Waals surface area (Å²) in [7, 11) is 0. The van der Waals surface area contributed by atoms with Gasteiger partial charge in [0.2, 0.25) is 11.7 Å². The average molecular weight is 267 g/mol. The summed E-state index contributed by atoms with van der Waals surface area (Å²) in [5, 5.41) is 7.35. The fourth-order valence-electron chi connectivity index (χ4n) is 2.09. The molecule has 0 unspecified atom stereocenters. The topological polar surface area (TPSA) is 63.8 Å². The van der Waals surface area contributed by atoms with Crippen molar-refractivity contribution in [3.05, 3.63) is 30.4 Å². The van der Waals surface area contributed by atoms with Crippen LogP contribution in [0.25, 0.3) is 11.4 Å². The third-order valence-electron chi connectivity index (χ3n) is 3.07. The van der Waals surface area contributed by atoms with E-state index in [1.54, 1.807) is 12.4 Å². The zero-order valence-electron chi connectivity index (χ0n) is 9.87. The van der Waals surface area contributed by atoms with E-state index in [-0.39, 0.29) is 12.4 Å². The molecule has 0 atom stereocenters. The van der Waals surface area contributed by atoms with Crippen LogP contribution in [0.3, 0.4) is 0 Å². The first-order chi connectivity index (χ1) is 8.43. The van der Waals surface area contributed by atoms with Gasteiger partial charge in [0.15, 0.2) is 0 Å². The molecular formula is C12H15ClN4O. The average Bonchev–Trinajstić information content (AvgIpc) is 2.90. The highest BCUT2D eigenvalue weighted by atomic mass is 35.5. The van der Waals surface area contributed by atoms with Crippen molar-refractivity contribution < 1.29 is 4.52 Å². The van der Waals surface area contributed by atoms with Crippen LogP contribution in [0.1, 0.15) is 24.7 Å². The number of piperidine rings is 1. The van der Waals surface area contributed by atoms with E-state index in [1.165, 1.54) is 0 Å². The molecule has 2 aromatic heterocycles. The summed E-state index contributed by atoms with van der Waals surface area (Å²) < 4.78 is 5.35. The molecule has 0 spiro atoms. The van der Waals surface area contributed by atoms with Crippen LogP contribution >= 0.6 is 12.4 Å². The summed E-state index contributed by atoms with van der Waals surface area (Å²) in [6, 6.07) is 3.77. The van der Waals surface area contributed by atoms with Gasteiger partial charge in [-0.2, -0.15) is 4.98 Å². The quantitative estimate of drug-likeness (QED) is 0.901. The minimum absolute atomic E-state index is 0. The van der Waals surface area contributed by atoms with E-state index >= 15 is 0 Å². The summed E-state index contributed by atoms with van der Waals surface area (Å²) in [5.41, 5.74) is 0.948. The highest BCUT2D eigenvalue weighted by Gasteiger charge is 2.21. The van der Waals surface area contributed by atoms with Crippen LogP contribution < -0.4 is 5.32 Å². The molecular weight excluding hydrogens is 252 g/mol. The molecule has 1 fully saturated rings. The minimum atomic E-state index is 0. The molecule has 1 aliphatic rings. The second kappa shape index (κ2) is 5.93. The zero-order chi connectivity index (χ0) is 11.5. The maximum atomic E-state index is 5.35. The number of nitrogens with one attached hydrogen (secondary N) is 1. The molecule has 2 aromatic rings. The normalized spacial score (nSPS) is 16.2. The Kier molecular flexibility index (Phi) is 4.28. The van der Waals surface area contributed by atoms with Crippen LogP contribution in [0.15, 0.2) is 29.0 Å². The molecule has 1 N–H and O–H groups in total. The van der Waals surface area contributed by atoms with Gasteiger partial charge >= 0.3 is 0 Å². The van der Waals surface area contributed by atoms with Crippen molar-refractivity contribution in [3.63, 3.8) is 0 Å². The van der Waals surface area contributed by atoms with E-state index in [2.05, 4.69) is 20.4 Å². The molecule has 0 amide bonds. The lowest BCUT2D eigenvalue weighted by Crippen LogP contribution is -2.26. The molecule has 0 aromatic carbocycles. The van der Waals surface area contributed by atoms with Crippen molar-refractivity contribution in [1.82, 2.24) is 20.4 Å². The monoisotopic (exact) mass is 266 g/mol. The third-order valence-corrected chi connectivity index (χ3v) is 3.07. The van der Waals surface area contributed by atoms with Crippen molar-refractivity contribution >= 4 is 12.4 Å². The van der Waals surface area contributed by atoms with Gasteiger partial charge in [-0.05, 0) is 38.1 Å². The Bertz CT molecular complexity index is 482. The van der Waals surface area contributed by atoms with Gasteiger partial charge in [-0.3, -0.25) is 4.98 Å². The van der Waals surface area contributed by atoms with Crippen LogP contribution in [0.4, 0.5) is 0 Å². The van der Waals surface area contributed by atoms with E-state index in [0.717, 1.165) is 37.4 Å². The van der Waals surface area contributed by atoms with Crippen molar-refractivity contribution in [2.75, 3.05) is 13.1 Å². The second-order valence-corrected chi connectivity index (χ2v) is 4.22. The van der Waals surface area contributed by atoms with Crippen molar-refractivity contribution in [1.29, 1.82) is 0 Å². The summed E-state index contributed by atoms with van der Waals surface area (Å²) in [6.07, 6.45) is 5.60. The Morgan fingerprint density at radius 3 is 2.61 bits per heavy atom. The fraction of sp³-hybridized carbons (Fsp3) is 0.417. The maximum absolute atomic E-state index is 5.35. The smallest absolute Gasteiger partial charge is 0.230 e. The van der Waals surface area contributed by atoms with Gasteiger partial charge < -0.3 is 9.84 Å². The molecule has 5 nitrogen and oxygen atoms in total. The Morgan fingerprint density at radius 1 is 1.17 bits per heavy atom. The number of hydrogen-bond acceptors (Lipinski definition) is 5. The first-order valence-electron chi connectivity index (χ1n) is 5.88. The number of hydrogen-bond donors (Lipinski definition) is 1. The predicted octanol–water partition coefficient (Wildman–Crippen LogP) is 2.02. The van der Waals surface area contributed by atoms with Gasteiger partial charge in [-0.1, -0.05) is 5.16 Å². The van der Waals surface area contributed by atoms with E-state index < -0.39 is 0 Å². The van der Waals surface area contributed by atoms with Crippen LogP contribution in [-0.4, -0.2) is 28.2 Å². The maximum Gasteiger partial charge on any atom is 0.230 e. The van der Waals surface area contributed by atoms with E-state index in [0.29, 0.717) is 11.7 Å². The Labute approximate surface area is 111 Å². The summed E-state index contributed by atoms with van der Waals surface area (Å²) >= 11 is 0. The third kappa shape index (κ3) is 2.68. The second-order valence-electron chi connectivity index (χ2n) is 4.22. The SMILES string of the molecule is Cl.c1cc(-c2noc(C3CCNCC3)n2)ccn1. The lowest BCUT2D eigenvalue weighted by Gasteiger charge is -2.18. The molecule has 3 rings (SSSR count). The van der Waals surface area contributed by atoms with Crippen LogP contribution in [0, 0.1) is 0 Å². The fourth-order valence-corrected chi connectivity index (χ4v) is 2.09. The predicted molar refractivity (Wildman–Crippen MR) is 69.6 cm³/mol. The molecule has 0 radical (unpaired) electrons. The van der Waals surface area contributed by atoms with Gasteiger partial charge in [0.05, 0.1) is 0 Å². The zero-order valence-corrected chi connectivity index (χ0v) is 10.7.